The van der Waals surface area contributed by atoms with E-state index in [4.69, 9.17) is 5.11 Å². The minimum atomic E-state index is -0.724. The number of piperidine rings is 1. The van der Waals surface area contributed by atoms with Gasteiger partial charge in [0.15, 0.2) is 0 Å². The second kappa shape index (κ2) is 7.63. The minimum absolute atomic E-state index is 0.216. The molecule has 1 aliphatic heterocycles. The molecule has 1 unspecified atom stereocenters. The van der Waals surface area contributed by atoms with Crippen molar-refractivity contribution in [1.82, 2.24) is 15.1 Å². The van der Waals surface area contributed by atoms with E-state index in [-0.39, 0.29) is 6.42 Å². The van der Waals surface area contributed by atoms with Gasteiger partial charge < -0.3 is 20.2 Å². The Morgan fingerprint density at radius 1 is 1.53 bits per heavy atom. The van der Waals surface area contributed by atoms with Crippen LogP contribution in [0.5, 0.6) is 0 Å². The summed E-state index contributed by atoms with van der Waals surface area (Å²) < 4.78 is 0. The van der Waals surface area contributed by atoms with E-state index in [9.17, 15) is 4.79 Å². The number of likely N-dealkylation sites (tertiary alicyclic amines) is 1. The van der Waals surface area contributed by atoms with Crippen LogP contribution in [0.4, 0.5) is 0 Å². The predicted octanol–water partition coefficient (Wildman–Crippen LogP) is 0.0767. The lowest BCUT2D eigenvalue weighted by atomic mass is 10.1. The van der Waals surface area contributed by atoms with E-state index < -0.39 is 5.97 Å². The number of likely N-dealkylation sites (N-methyl/N-ethyl adjacent to an activating group) is 1. The lowest BCUT2D eigenvalue weighted by Gasteiger charge is -2.33. The molecule has 5 heteroatoms. The molecule has 0 bridgehead atoms. The van der Waals surface area contributed by atoms with E-state index in [2.05, 4.69) is 29.2 Å². The van der Waals surface area contributed by atoms with E-state index in [0.29, 0.717) is 12.6 Å². The highest BCUT2D eigenvalue weighted by Gasteiger charge is 2.19. The minimum Gasteiger partial charge on any atom is -0.481 e. The first-order valence-electron chi connectivity index (χ1n) is 6.40. The fraction of sp³-hybridized carbons (Fsp3) is 0.917. The van der Waals surface area contributed by atoms with E-state index in [0.717, 1.165) is 26.1 Å². The molecule has 1 heterocycles. The Hall–Kier alpha value is -0.650. The number of hydrogen-bond acceptors (Lipinski definition) is 4. The third-order valence-corrected chi connectivity index (χ3v) is 3.14. The molecule has 5 nitrogen and oxygen atoms in total. The topological polar surface area (TPSA) is 55.8 Å². The standard InChI is InChI=1S/C12H25N3O2/c1-14(2)8-9-15-7-3-4-11(10-15)13-6-5-12(16)17/h11,13H,3-10H2,1-2H3,(H,16,17). The first kappa shape index (κ1) is 14.4. The van der Waals surface area contributed by atoms with E-state index >= 15 is 0 Å². The van der Waals surface area contributed by atoms with Crippen LogP contribution in [0.2, 0.25) is 0 Å². The molecule has 1 saturated heterocycles. The van der Waals surface area contributed by atoms with Gasteiger partial charge >= 0.3 is 5.97 Å². The molecule has 17 heavy (non-hydrogen) atoms. The van der Waals surface area contributed by atoms with Gasteiger partial charge in [0, 0.05) is 32.2 Å². The highest BCUT2D eigenvalue weighted by Crippen LogP contribution is 2.09. The van der Waals surface area contributed by atoms with Crippen LogP contribution in [0.1, 0.15) is 19.3 Å². The normalized spacial score (nSPS) is 21.9. The van der Waals surface area contributed by atoms with Crippen molar-refractivity contribution in [3.05, 3.63) is 0 Å². The molecule has 1 fully saturated rings. The van der Waals surface area contributed by atoms with Crippen molar-refractivity contribution in [3.63, 3.8) is 0 Å². The zero-order valence-corrected chi connectivity index (χ0v) is 11.0. The van der Waals surface area contributed by atoms with Gasteiger partial charge in [0.1, 0.15) is 0 Å². The summed E-state index contributed by atoms with van der Waals surface area (Å²) in [6.45, 7) is 4.99. The molecule has 1 rings (SSSR count). The molecule has 100 valence electrons. The maximum Gasteiger partial charge on any atom is 0.304 e. The molecule has 0 aromatic rings. The first-order chi connectivity index (χ1) is 8.08. The number of hydrogen-bond donors (Lipinski definition) is 2. The molecule has 0 aliphatic carbocycles. The summed E-state index contributed by atoms with van der Waals surface area (Å²) in [5, 5.41) is 11.9. The summed E-state index contributed by atoms with van der Waals surface area (Å²) in [4.78, 5) is 15.1. The van der Waals surface area contributed by atoms with E-state index in [1.807, 2.05) is 0 Å². The van der Waals surface area contributed by atoms with Gasteiger partial charge in [-0.25, -0.2) is 0 Å². The van der Waals surface area contributed by atoms with Crippen LogP contribution in [-0.2, 0) is 4.79 Å². The SMILES string of the molecule is CN(C)CCN1CCCC(NCCC(=O)O)C1. The molecular weight excluding hydrogens is 218 g/mol. The molecule has 0 spiro atoms. The average molecular weight is 243 g/mol. The van der Waals surface area contributed by atoms with Crippen molar-refractivity contribution in [1.29, 1.82) is 0 Å². The van der Waals surface area contributed by atoms with Crippen LogP contribution >= 0.6 is 0 Å². The van der Waals surface area contributed by atoms with Gasteiger partial charge in [-0.05, 0) is 33.5 Å². The van der Waals surface area contributed by atoms with Gasteiger partial charge in [0.05, 0.1) is 6.42 Å². The molecular formula is C12H25N3O2. The molecule has 0 aromatic carbocycles. The van der Waals surface area contributed by atoms with Crippen LogP contribution < -0.4 is 5.32 Å². The summed E-state index contributed by atoms with van der Waals surface area (Å²) in [5.41, 5.74) is 0. The predicted molar refractivity (Wildman–Crippen MR) is 68.3 cm³/mol. The van der Waals surface area contributed by atoms with Gasteiger partial charge in [-0.3, -0.25) is 4.79 Å². The van der Waals surface area contributed by atoms with Crippen LogP contribution in [-0.4, -0.2) is 73.7 Å². The van der Waals surface area contributed by atoms with Gasteiger partial charge in [0.25, 0.3) is 0 Å². The summed E-state index contributed by atoms with van der Waals surface area (Å²) in [7, 11) is 4.18. The van der Waals surface area contributed by atoms with Crippen molar-refractivity contribution in [2.24, 2.45) is 0 Å². The molecule has 0 radical (unpaired) electrons. The van der Waals surface area contributed by atoms with Crippen LogP contribution in [0.25, 0.3) is 0 Å². The smallest absolute Gasteiger partial charge is 0.304 e. The Labute approximate surface area is 104 Å². The fourth-order valence-electron chi connectivity index (χ4n) is 2.15. The Morgan fingerprint density at radius 2 is 2.29 bits per heavy atom. The van der Waals surface area contributed by atoms with Crippen molar-refractivity contribution in [2.75, 3.05) is 46.8 Å². The maximum atomic E-state index is 10.4. The molecule has 0 saturated carbocycles. The fourth-order valence-corrected chi connectivity index (χ4v) is 2.15. The van der Waals surface area contributed by atoms with Gasteiger partial charge in [-0.1, -0.05) is 0 Å². The number of carbonyl (C=O) groups is 1. The molecule has 2 N–H and O–H groups in total. The second-order valence-electron chi connectivity index (χ2n) is 5.04. The Bertz CT molecular complexity index is 234. The highest BCUT2D eigenvalue weighted by atomic mass is 16.4. The van der Waals surface area contributed by atoms with E-state index in [1.165, 1.54) is 13.0 Å². The lowest BCUT2D eigenvalue weighted by Crippen LogP contribution is -2.47. The summed E-state index contributed by atoms with van der Waals surface area (Å²) in [5.74, 6) is -0.724. The molecule has 0 aromatic heterocycles. The van der Waals surface area contributed by atoms with Gasteiger partial charge in [-0.2, -0.15) is 0 Å². The quantitative estimate of drug-likeness (QED) is 0.663. The zero-order chi connectivity index (χ0) is 12.7. The average Bonchev–Trinajstić information content (AvgIpc) is 2.26. The number of rotatable bonds is 7. The Kier molecular flexibility index (Phi) is 6.47. The number of carboxylic acids is 1. The van der Waals surface area contributed by atoms with Crippen molar-refractivity contribution >= 4 is 5.97 Å². The maximum absolute atomic E-state index is 10.4. The van der Waals surface area contributed by atoms with Gasteiger partial charge in [0.2, 0.25) is 0 Å². The van der Waals surface area contributed by atoms with E-state index in [1.54, 1.807) is 0 Å². The molecule has 1 aliphatic rings. The number of aliphatic carboxylic acids is 1. The Morgan fingerprint density at radius 3 is 2.94 bits per heavy atom. The van der Waals surface area contributed by atoms with Crippen LogP contribution in [0, 0.1) is 0 Å². The monoisotopic (exact) mass is 243 g/mol. The summed E-state index contributed by atoms with van der Waals surface area (Å²) in [6.07, 6.45) is 2.59. The molecule has 0 amide bonds. The second-order valence-corrected chi connectivity index (χ2v) is 5.04. The van der Waals surface area contributed by atoms with Gasteiger partial charge in [-0.15, -0.1) is 0 Å². The number of carboxylic acid groups (broad SMARTS) is 1. The Balaban J connectivity index is 2.17. The highest BCUT2D eigenvalue weighted by molar-refractivity contribution is 5.66. The lowest BCUT2D eigenvalue weighted by molar-refractivity contribution is -0.136. The number of nitrogens with one attached hydrogen (secondary N) is 1. The largest absolute Gasteiger partial charge is 0.481 e. The van der Waals surface area contributed by atoms with Crippen molar-refractivity contribution < 1.29 is 9.90 Å². The summed E-state index contributed by atoms with van der Waals surface area (Å²) in [6, 6.07) is 0.463. The van der Waals surface area contributed by atoms with Crippen LogP contribution in [0.15, 0.2) is 0 Å². The first-order valence-corrected chi connectivity index (χ1v) is 6.40. The third kappa shape index (κ3) is 6.61. The van der Waals surface area contributed by atoms with Crippen molar-refractivity contribution in [3.8, 4) is 0 Å². The number of nitrogens with zero attached hydrogens (tertiary/aromatic N) is 2. The zero-order valence-electron chi connectivity index (χ0n) is 11.0. The molecule has 1 atom stereocenters. The third-order valence-electron chi connectivity index (χ3n) is 3.14. The van der Waals surface area contributed by atoms with Crippen molar-refractivity contribution in [2.45, 2.75) is 25.3 Å². The van der Waals surface area contributed by atoms with Crippen LogP contribution in [0.3, 0.4) is 0 Å². The summed E-state index contributed by atoms with van der Waals surface area (Å²) >= 11 is 0.